The van der Waals surface area contributed by atoms with Gasteiger partial charge in [0.1, 0.15) is 11.6 Å². The highest BCUT2D eigenvalue weighted by molar-refractivity contribution is 7.85. The van der Waals surface area contributed by atoms with Gasteiger partial charge in [0.25, 0.3) is 0 Å². The molecule has 0 spiro atoms. The summed E-state index contributed by atoms with van der Waals surface area (Å²) >= 11 is 0. The Morgan fingerprint density at radius 2 is 1.83 bits per heavy atom. The van der Waals surface area contributed by atoms with E-state index >= 15 is 0 Å². The molecule has 1 atom stereocenters. The van der Waals surface area contributed by atoms with Gasteiger partial charge in [0.2, 0.25) is 5.91 Å². The van der Waals surface area contributed by atoms with Crippen LogP contribution in [-0.4, -0.2) is 22.4 Å². The number of rotatable bonds is 7. The summed E-state index contributed by atoms with van der Waals surface area (Å²) in [6.45, 7) is 0.270. The fourth-order valence-electron chi connectivity index (χ4n) is 2.04. The van der Waals surface area contributed by atoms with Crippen molar-refractivity contribution in [3.63, 3.8) is 0 Å². The van der Waals surface area contributed by atoms with Crippen LogP contribution < -0.4 is 5.32 Å². The summed E-state index contributed by atoms with van der Waals surface area (Å²) in [7, 11) is -1.17. The molecule has 122 valence electrons. The quantitative estimate of drug-likeness (QED) is 0.844. The molecule has 0 radical (unpaired) electrons. The van der Waals surface area contributed by atoms with Crippen LogP contribution in [0.2, 0.25) is 0 Å². The van der Waals surface area contributed by atoms with E-state index in [1.807, 2.05) is 6.07 Å². The van der Waals surface area contributed by atoms with Crippen molar-refractivity contribution >= 4 is 16.7 Å². The molecule has 6 heteroatoms. The molecule has 23 heavy (non-hydrogen) atoms. The van der Waals surface area contributed by atoms with E-state index in [-0.39, 0.29) is 30.9 Å². The second-order valence-corrected chi connectivity index (χ2v) is 6.52. The Labute approximate surface area is 136 Å². The maximum absolute atomic E-state index is 13.4. The molecule has 3 nitrogen and oxygen atoms in total. The third-order valence-corrected chi connectivity index (χ3v) is 4.62. The number of benzene rings is 2. The second kappa shape index (κ2) is 8.53. The highest BCUT2D eigenvalue weighted by Crippen LogP contribution is 2.11. The summed E-state index contributed by atoms with van der Waals surface area (Å²) < 4.78 is 38.4. The number of halogens is 2. The summed E-state index contributed by atoms with van der Waals surface area (Å²) in [6.07, 6.45) is 0.176. The molecule has 0 unspecified atom stereocenters. The van der Waals surface area contributed by atoms with Gasteiger partial charge in [0.05, 0.1) is 10.8 Å². The normalized spacial score (nSPS) is 11.9. The van der Waals surface area contributed by atoms with E-state index in [1.54, 1.807) is 24.3 Å². The van der Waals surface area contributed by atoms with E-state index in [0.29, 0.717) is 10.6 Å². The number of aryl methyl sites for hydroxylation is 1. The molecule has 0 bridgehead atoms. The molecule has 0 aliphatic carbocycles. The molecule has 2 aromatic rings. The topological polar surface area (TPSA) is 46.2 Å². The summed E-state index contributed by atoms with van der Waals surface area (Å²) in [4.78, 5) is 12.4. The van der Waals surface area contributed by atoms with Crippen molar-refractivity contribution in [2.45, 2.75) is 17.7 Å². The molecule has 2 rings (SSSR count). The van der Waals surface area contributed by atoms with E-state index in [0.717, 1.165) is 18.2 Å². The fraction of sp³-hybridized carbons (Fsp3) is 0.235. The van der Waals surface area contributed by atoms with Gasteiger partial charge in [-0.15, -0.1) is 0 Å². The maximum atomic E-state index is 13.4. The Hall–Kier alpha value is -2.08. The van der Waals surface area contributed by atoms with Crippen molar-refractivity contribution in [1.29, 1.82) is 0 Å². The Bertz CT molecular complexity index is 692. The molecule has 0 aliphatic rings. The van der Waals surface area contributed by atoms with Crippen molar-refractivity contribution < 1.29 is 17.8 Å². The van der Waals surface area contributed by atoms with Crippen LogP contribution in [0.1, 0.15) is 12.0 Å². The molecule has 0 heterocycles. The zero-order valence-electron chi connectivity index (χ0n) is 12.4. The SMILES string of the molecule is O=C(CCc1cc(F)ccc1F)NCC[S@@](=O)c1ccccc1. The first kappa shape index (κ1) is 17.3. The van der Waals surface area contributed by atoms with Crippen LogP contribution >= 0.6 is 0 Å². The molecule has 0 fully saturated rings. The van der Waals surface area contributed by atoms with E-state index < -0.39 is 22.4 Å². The predicted molar refractivity (Wildman–Crippen MR) is 85.4 cm³/mol. The molecular formula is C17H17F2NO2S. The van der Waals surface area contributed by atoms with Crippen molar-refractivity contribution in [3.8, 4) is 0 Å². The number of carbonyl (C=O) groups excluding carboxylic acids is 1. The molecule has 2 aromatic carbocycles. The minimum Gasteiger partial charge on any atom is -0.355 e. The van der Waals surface area contributed by atoms with E-state index in [4.69, 9.17) is 0 Å². The predicted octanol–water partition coefficient (Wildman–Crippen LogP) is 2.82. The lowest BCUT2D eigenvalue weighted by atomic mass is 10.1. The summed E-state index contributed by atoms with van der Waals surface area (Å²) in [6, 6.07) is 12.2. The van der Waals surface area contributed by atoms with Gasteiger partial charge in [-0.1, -0.05) is 18.2 Å². The van der Waals surface area contributed by atoms with Crippen molar-refractivity contribution in [3.05, 3.63) is 65.7 Å². The summed E-state index contributed by atoms with van der Waals surface area (Å²) in [5, 5.41) is 2.64. The lowest BCUT2D eigenvalue weighted by Gasteiger charge is -2.06. The third-order valence-electron chi connectivity index (χ3n) is 3.24. The largest absolute Gasteiger partial charge is 0.355 e. The summed E-state index contributed by atoms with van der Waals surface area (Å²) in [5.74, 6) is -1.02. The smallest absolute Gasteiger partial charge is 0.220 e. The minimum atomic E-state index is -1.17. The number of hydrogen-bond acceptors (Lipinski definition) is 2. The van der Waals surface area contributed by atoms with Crippen LogP contribution in [0.15, 0.2) is 53.4 Å². The lowest BCUT2D eigenvalue weighted by Crippen LogP contribution is -2.28. The van der Waals surface area contributed by atoms with Crippen LogP contribution in [0, 0.1) is 11.6 Å². The Balaban J connectivity index is 1.73. The van der Waals surface area contributed by atoms with Crippen LogP contribution in [0.3, 0.4) is 0 Å². The van der Waals surface area contributed by atoms with Gasteiger partial charge in [-0.2, -0.15) is 0 Å². The average molecular weight is 337 g/mol. The monoisotopic (exact) mass is 337 g/mol. The van der Waals surface area contributed by atoms with Crippen LogP contribution in [0.25, 0.3) is 0 Å². The number of amides is 1. The van der Waals surface area contributed by atoms with Crippen molar-refractivity contribution in [2.24, 2.45) is 0 Å². The van der Waals surface area contributed by atoms with Gasteiger partial charge >= 0.3 is 0 Å². The highest BCUT2D eigenvalue weighted by Gasteiger charge is 2.08. The van der Waals surface area contributed by atoms with Crippen LogP contribution in [0.5, 0.6) is 0 Å². The van der Waals surface area contributed by atoms with Gasteiger partial charge in [-0.3, -0.25) is 9.00 Å². The Morgan fingerprint density at radius 3 is 2.57 bits per heavy atom. The average Bonchev–Trinajstić information content (AvgIpc) is 2.56. The standard InChI is InChI=1S/C17H17F2NO2S/c18-14-7-8-16(19)13(12-14)6-9-17(21)20-10-11-23(22)15-4-2-1-3-5-15/h1-5,7-8,12H,6,9-11H2,(H,20,21)/t23-/m1/s1. The maximum Gasteiger partial charge on any atom is 0.220 e. The first-order valence-corrected chi connectivity index (χ1v) is 8.52. The molecule has 0 saturated heterocycles. The van der Waals surface area contributed by atoms with Gasteiger partial charge in [0.15, 0.2) is 0 Å². The van der Waals surface area contributed by atoms with Crippen LogP contribution in [-0.2, 0) is 22.0 Å². The van der Waals surface area contributed by atoms with E-state index in [1.165, 1.54) is 0 Å². The first-order valence-electron chi connectivity index (χ1n) is 7.20. The minimum absolute atomic E-state index is 0.0539. The molecule has 1 amide bonds. The number of hydrogen-bond donors (Lipinski definition) is 1. The Kier molecular flexibility index (Phi) is 6.40. The van der Waals surface area contributed by atoms with E-state index in [9.17, 15) is 17.8 Å². The highest BCUT2D eigenvalue weighted by atomic mass is 32.2. The van der Waals surface area contributed by atoms with Crippen molar-refractivity contribution in [2.75, 3.05) is 12.3 Å². The number of carbonyl (C=O) groups is 1. The Morgan fingerprint density at radius 1 is 1.09 bits per heavy atom. The first-order chi connectivity index (χ1) is 11.1. The number of nitrogens with one attached hydrogen (secondary N) is 1. The molecule has 0 aromatic heterocycles. The van der Waals surface area contributed by atoms with Crippen molar-refractivity contribution in [1.82, 2.24) is 5.32 Å². The zero-order valence-corrected chi connectivity index (χ0v) is 13.2. The molecular weight excluding hydrogens is 320 g/mol. The van der Waals surface area contributed by atoms with Crippen LogP contribution in [0.4, 0.5) is 8.78 Å². The summed E-state index contributed by atoms with van der Waals surface area (Å²) in [5.41, 5.74) is 0.174. The van der Waals surface area contributed by atoms with E-state index in [2.05, 4.69) is 5.32 Å². The third kappa shape index (κ3) is 5.56. The fourth-order valence-corrected chi connectivity index (χ4v) is 3.03. The second-order valence-electron chi connectivity index (χ2n) is 4.95. The van der Waals surface area contributed by atoms with Gasteiger partial charge in [-0.05, 0) is 42.3 Å². The lowest BCUT2D eigenvalue weighted by molar-refractivity contribution is -0.120. The van der Waals surface area contributed by atoms with Gasteiger partial charge in [0, 0.05) is 23.6 Å². The zero-order chi connectivity index (χ0) is 16.7. The van der Waals surface area contributed by atoms with Gasteiger partial charge < -0.3 is 5.32 Å². The molecule has 0 aliphatic heterocycles. The van der Waals surface area contributed by atoms with Gasteiger partial charge in [-0.25, -0.2) is 8.78 Å². The molecule has 1 N–H and O–H groups in total. The molecule has 0 saturated carbocycles.